The first kappa shape index (κ1) is 17.0. The van der Waals surface area contributed by atoms with Gasteiger partial charge in [-0.15, -0.1) is 0 Å². The molecule has 0 saturated carbocycles. The van der Waals surface area contributed by atoms with Crippen LogP contribution in [0.4, 0.5) is 13.2 Å². The third kappa shape index (κ3) is 3.96. The molecule has 0 saturated heterocycles. The fraction of sp³-hybridized carbons (Fsp3) is 0.462. The van der Waals surface area contributed by atoms with Crippen molar-refractivity contribution in [2.45, 2.75) is 25.1 Å². The van der Waals surface area contributed by atoms with Gasteiger partial charge in [0, 0.05) is 4.47 Å². The Labute approximate surface area is 123 Å². The molecule has 0 heterocycles. The number of benzene rings is 1. The van der Waals surface area contributed by atoms with Crippen LogP contribution in [-0.4, -0.2) is 25.8 Å². The second kappa shape index (κ2) is 6.58. The molecule has 1 aromatic carbocycles. The molecule has 20 heavy (non-hydrogen) atoms. The van der Waals surface area contributed by atoms with Gasteiger partial charge in [-0.25, -0.2) is 4.79 Å². The van der Waals surface area contributed by atoms with E-state index >= 15 is 0 Å². The Balaban J connectivity index is 3.21. The molecule has 0 aliphatic rings. The van der Waals surface area contributed by atoms with Crippen molar-refractivity contribution in [2.24, 2.45) is 0 Å². The molecule has 3 nitrogen and oxygen atoms in total. The third-order valence-electron chi connectivity index (χ3n) is 2.97. The van der Waals surface area contributed by atoms with E-state index in [-0.39, 0.29) is 6.42 Å². The van der Waals surface area contributed by atoms with Crippen LogP contribution in [0, 0.1) is 0 Å². The highest BCUT2D eigenvalue weighted by molar-refractivity contribution is 9.10. The van der Waals surface area contributed by atoms with E-state index in [2.05, 4.69) is 26.0 Å². The van der Waals surface area contributed by atoms with E-state index < -0.39 is 24.2 Å². The maximum Gasteiger partial charge on any atom is 0.401 e. The van der Waals surface area contributed by atoms with Gasteiger partial charge in [0.2, 0.25) is 0 Å². The molecule has 0 amide bonds. The molecule has 0 bridgehead atoms. The number of hydrogen-bond donors (Lipinski definition) is 1. The summed E-state index contributed by atoms with van der Waals surface area (Å²) in [6.45, 7) is 0.351. The van der Waals surface area contributed by atoms with Crippen LogP contribution in [0.1, 0.15) is 18.9 Å². The molecule has 1 unspecified atom stereocenters. The quantitative estimate of drug-likeness (QED) is 0.824. The Morgan fingerprint density at radius 3 is 2.50 bits per heavy atom. The SMILES string of the molecule is CCC(NCC(F)(F)F)(C(=O)OC)c1cccc(Br)c1. The highest BCUT2D eigenvalue weighted by Crippen LogP contribution is 2.30. The number of hydrogen-bond acceptors (Lipinski definition) is 3. The van der Waals surface area contributed by atoms with Gasteiger partial charge in [-0.05, 0) is 24.1 Å². The number of halogens is 4. The van der Waals surface area contributed by atoms with Crippen LogP contribution in [0.25, 0.3) is 0 Å². The average Bonchev–Trinajstić information content (AvgIpc) is 2.38. The van der Waals surface area contributed by atoms with Gasteiger partial charge in [-0.1, -0.05) is 35.0 Å². The van der Waals surface area contributed by atoms with Crippen LogP contribution in [-0.2, 0) is 15.1 Å². The van der Waals surface area contributed by atoms with Gasteiger partial charge in [-0.2, -0.15) is 13.2 Å². The summed E-state index contributed by atoms with van der Waals surface area (Å²) >= 11 is 3.24. The van der Waals surface area contributed by atoms with Crippen molar-refractivity contribution in [2.75, 3.05) is 13.7 Å². The predicted octanol–water partition coefficient (Wildman–Crippen LogP) is 3.38. The number of carbonyl (C=O) groups excluding carboxylic acids is 1. The lowest BCUT2D eigenvalue weighted by Crippen LogP contribution is -2.52. The topological polar surface area (TPSA) is 38.3 Å². The summed E-state index contributed by atoms with van der Waals surface area (Å²) in [4.78, 5) is 12.0. The Morgan fingerprint density at radius 1 is 1.40 bits per heavy atom. The monoisotopic (exact) mass is 353 g/mol. The van der Waals surface area contributed by atoms with Gasteiger partial charge in [0.1, 0.15) is 5.54 Å². The zero-order chi connectivity index (χ0) is 15.4. The second-order valence-electron chi connectivity index (χ2n) is 4.23. The van der Waals surface area contributed by atoms with Gasteiger partial charge < -0.3 is 4.74 Å². The minimum atomic E-state index is -4.42. The van der Waals surface area contributed by atoms with Gasteiger partial charge >= 0.3 is 12.1 Å². The molecule has 1 rings (SSSR count). The Kier molecular flexibility index (Phi) is 5.59. The lowest BCUT2D eigenvalue weighted by molar-refractivity contribution is -0.154. The minimum absolute atomic E-state index is 0.131. The standard InChI is InChI=1S/C13H15BrF3NO2/c1-3-12(11(19)20-2,18-8-13(15,16)17)9-5-4-6-10(14)7-9/h4-7,18H,3,8H2,1-2H3. The lowest BCUT2D eigenvalue weighted by atomic mass is 9.87. The minimum Gasteiger partial charge on any atom is -0.467 e. The highest BCUT2D eigenvalue weighted by atomic mass is 79.9. The Bertz CT molecular complexity index is 479. The van der Waals surface area contributed by atoms with Crippen LogP contribution in [0.2, 0.25) is 0 Å². The summed E-state index contributed by atoms with van der Waals surface area (Å²) in [5.41, 5.74) is -1.10. The summed E-state index contributed by atoms with van der Waals surface area (Å²) in [5.74, 6) is -0.748. The van der Waals surface area contributed by atoms with Crippen LogP contribution in [0.3, 0.4) is 0 Å². The first-order valence-electron chi connectivity index (χ1n) is 5.91. The van der Waals surface area contributed by atoms with Gasteiger partial charge in [0.15, 0.2) is 0 Å². The van der Waals surface area contributed by atoms with E-state index in [0.29, 0.717) is 10.0 Å². The smallest absolute Gasteiger partial charge is 0.401 e. The molecule has 0 fully saturated rings. The van der Waals surface area contributed by atoms with E-state index in [9.17, 15) is 18.0 Å². The van der Waals surface area contributed by atoms with E-state index in [1.54, 1.807) is 31.2 Å². The first-order valence-corrected chi connectivity index (χ1v) is 6.70. The van der Waals surface area contributed by atoms with E-state index in [1.165, 1.54) is 0 Å². The molecule has 0 aliphatic heterocycles. The molecule has 1 aromatic rings. The molecule has 1 atom stereocenters. The summed E-state index contributed by atoms with van der Waals surface area (Å²) in [7, 11) is 1.15. The summed E-state index contributed by atoms with van der Waals surface area (Å²) in [5, 5.41) is 2.30. The number of methoxy groups -OCH3 is 1. The molecule has 112 valence electrons. The van der Waals surface area contributed by atoms with Crippen molar-refractivity contribution in [1.82, 2.24) is 5.32 Å². The van der Waals surface area contributed by atoms with E-state index in [4.69, 9.17) is 0 Å². The fourth-order valence-electron chi connectivity index (χ4n) is 1.94. The van der Waals surface area contributed by atoms with Gasteiger partial charge in [-0.3, -0.25) is 5.32 Å². The number of alkyl halides is 3. The van der Waals surface area contributed by atoms with Crippen LogP contribution in [0.15, 0.2) is 28.7 Å². The number of rotatable bonds is 5. The van der Waals surface area contributed by atoms with Crippen molar-refractivity contribution >= 4 is 21.9 Å². The average molecular weight is 354 g/mol. The summed E-state index contributed by atoms with van der Waals surface area (Å²) < 4.78 is 42.7. The van der Waals surface area contributed by atoms with Crippen molar-refractivity contribution in [3.63, 3.8) is 0 Å². The highest BCUT2D eigenvalue weighted by Gasteiger charge is 2.42. The number of esters is 1. The van der Waals surface area contributed by atoms with E-state index in [1.807, 2.05) is 0 Å². The first-order chi connectivity index (χ1) is 9.25. The zero-order valence-corrected chi connectivity index (χ0v) is 12.6. The number of carbonyl (C=O) groups is 1. The third-order valence-corrected chi connectivity index (χ3v) is 3.47. The fourth-order valence-corrected chi connectivity index (χ4v) is 2.34. The van der Waals surface area contributed by atoms with Crippen molar-refractivity contribution in [3.05, 3.63) is 34.3 Å². The van der Waals surface area contributed by atoms with Crippen molar-refractivity contribution < 1.29 is 22.7 Å². The molecule has 0 aliphatic carbocycles. The number of nitrogens with one attached hydrogen (secondary N) is 1. The van der Waals surface area contributed by atoms with E-state index in [0.717, 1.165) is 7.11 Å². The molecular weight excluding hydrogens is 339 g/mol. The van der Waals surface area contributed by atoms with Crippen molar-refractivity contribution in [3.8, 4) is 0 Å². The molecule has 0 radical (unpaired) electrons. The second-order valence-corrected chi connectivity index (χ2v) is 5.15. The summed E-state index contributed by atoms with van der Waals surface area (Å²) in [6.07, 6.45) is -4.29. The Morgan fingerprint density at radius 2 is 2.05 bits per heavy atom. The normalized spacial score (nSPS) is 14.7. The molecule has 0 spiro atoms. The predicted molar refractivity (Wildman–Crippen MR) is 72.2 cm³/mol. The maximum absolute atomic E-state index is 12.5. The maximum atomic E-state index is 12.5. The molecule has 7 heteroatoms. The van der Waals surface area contributed by atoms with Gasteiger partial charge in [0.05, 0.1) is 13.7 Å². The molecular formula is C13H15BrF3NO2. The lowest BCUT2D eigenvalue weighted by Gasteiger charge is -2.32. The Hall–Kier alpha value is -1.08. The largest absolute Gasteiger partial charge is 0.467 e. The molecule has 1 N–H and O–H groups in total. The molecule has 0 aromatic heterocycles. The van der Waals surface area contributed by atoms with Gasteiger partial charge in [0.25, 0.3) is 0 Å². The van der Waals surface area contributed by atoms with Crippen LogP contribution < -0.4 is 5.32 Å². The zero-order valence-electron chi connectivity index (χ0n) is 11.1. The van der Waals surface area contributed by atoms with Crippen LogP contribution in [0.5, 0.6) is 0 Å². The van der Waals surface area contributed by atoms with Crippen molar-refractivity contribution in [1.29, 1.82) is 0 Å². The summed E-state index contributed by atoms with van der Waals surface area (Å²) in [6, 6.07) is 6.57. The van der Waals surface area contributed by atoms with Crippen LogP contribution >= 0.6 is 15.9 Å². The number of ether oxygens (including phenoxy) is 1.